The van der Waals surface area contributed by atoms with Crippen LogP contribution in [-0.4, -0.2) is 42.1 Å². The lowest BCUT2D eigenvalue weighted by atomic mass is 10.1. The van der Waals surface area contributed by atoms with E-state index in [1.165, 1.54) is 18.2 Å². The number of likely N-dealkylation sites (tertiary alicyclic amines) is 1. The van der Waals surface area contributed by atoms with Gasteiger partial charge >= 0.3 is 0 Å². The van der Waals surface area contributed by atoms with Crippen LogP contribution in [0.25, 0.3) is 0 Å². The van der Waals surface area contributed by atoms with Crippen LogP contribution in [0.5, 0.6) is 0 Å². The Labute approximate surface area is 137 Å². The molecule has 2 unspecified atom stereocenters. The monoisotopic (exact) mass is 322 g/mol. The van der Waals surface area contributed by atoms with Crippen molar-refractivity contribution in [1.82, 2.24) is 10.2 Å². The average molecular weight is 322 g/mol. The topological polar surface area (TPSA) is 52.6 Å². The minimum Gasteiger partial charge on any atom is -0.388 e. The first-order valence-electron chi connectivity index (χ1n) is 8.36. The fourth-order valence-corrected chi connectivity index (χ4v) is 3.10. The molecular weight excluding hydrogens is 295 g/mol. The van der Waals surface area contributed by atoms with Gasteiger partial charge < -0.3 is 15.3 Å². The molecule has 1 saturated heterocycles. The summed E-state index contributed by atoms with van der Waals surface area (Å²) in [5, 5.41) is 12.9. The summed E-state index contributed by atoms with van der Waals surface area (Å²) >= 11 is 0. The third kappa shape index (κ3) is 5.92. The molecule has 2 atom stereocenters. The van der Waals surface area contributed by atoms with E-state index in [9.17, 15) is 14.3 Å². The molecule has 2 rings (SSSR count). The van der Waals surface area contributed by atoms with E-state index < -0.39 is 11.9 Å². The Balaban J connectivity index is 1.71. The Hall–Kier alpha value is -1.46. The number of nitrogens with one attached hydrogen (secondary N) is 1. The third-order valence-corrected chi connectivity index (χ3v) is 4.19. The molecule has 1 aromatic carbocycles. The van der Waals surface area contributed by atoms with Crippen molar-refractivity contribution in [2.45, 2.75) is 32.8 Å². The molecule has 1 fully saturated rings. The molecule has 0 spiro atoms. The molecule has 0 radical (unpaired) electrons. The highest BCUT2D eigenvalue weighted by Gasteiger charge is 2.23. The smallest absolute Gasteiger partial charge is 0.222 e. The van der Waals surface area contributed by atoms with E-state index in [1.54, 1.807) is 6.07 Å². The number of benzene rings is 1. The van der Waals surface area contributed by atoms with Crippen LogP contribution in [0.1, 0.15) is 38.4 Å². The molecule has 128 valence electrons. The molecule has 0 saturated carbocycles. The number of halogens is 1. The predicted octanol–water partition coefficient (Wildman–Crippen LogP) is 2.34. The summed E-state index contributed by atoms with van der Waals surface area (Å²) in [6.07, 6.45) is 0.0948. The summed E-state index contributed by atoms with van der Waals surface area (Å²) in [4.78, 5) is 14.4. The molecule has 0 bridgehead atoms. The van der Waals surface area contributed by atoms with Crippen LogP contribution >= 0.6 is 0 Å². The highest BCUT2D eigenvalue weighted by Crippen LogP contribution is 2.19. The van der Waals surface area contributed by atoms with Crippen LogP contribution in [0, 0.1) is 17.7 Å². The molecule has 2 N–H and O–H groups in total. The summed E-state index contributed by atoms with van der Waals surface area (Å²) < 4.78 is 13.1. The number of carbonyl (C=O) groups excluding carboxylic acids is 1. The maximum Gasteiger partial charge on any atom is 0.222 e. The highest BCUT2D eigenvalue weighted by atomic mass is 19.1. The van der Waals surface area contributed by atoms with Crippen LogP contribution in [0.4, 0.5) is 4.39 Å². The predicted molar refractivity (Wildman–Crippen MR) is 88.4 cm³/mol. The molecular formula is C18H27FN2O2. The van der Waals surface area contributed by atoms with Crippen LogP contribution in [0.2, 0.25) is 0 Å². The van der Waals surface area contributed by atoms with E-state index in [2.05, 4.69) is 24.1 Å². The number of hydrogen-bond acceptors (Lipinski definition) is 3. The highest BCUT2D eigenvalue weighted by molar-refractivity contribution is 5.76. The van der Waals surface area contributed by atoms with E-state index in [0.717, 1.165) is 26.1 Å². The second kappa shape index (κ2) is 8.41. The normalized spacial score (nSPS) is 20.0. The summed E-state index contributed by atoms with van der Waals surface area (Å²) in [6.45, 7) is 8.27. The van der Waals surface area contributed by atoms with Crippen molar-refractivity contribution in [2.75, 3.05) is 26.2 Å². The average Bonchev–Trinajstić information content (AvgIpc) is 2.92. The van der Waals surface area contributed by atoms with Crippen molar-refractivity contribution in [1.29, 1.82) is 0 Å². The third-order valence-electron chi connectivity index (χ3n) is 4.19. The molecule has 1 aliphatic heterocycles. The van der Waals surface area contributed by atoms with Crippen molar-refractivity contribution >= 4 is 5.91 Å². The first-order chi connectivity index (χ1) is 10.9. The van der Waals surface area contributed by atoms with Gasteiger partial charge in [-0.1, -0.05) is 26.0 Å². The quantitative estimate of drug-likeness (QED) is 0.810. The van der Waals surface area contributed by atoms with E-state index in [0.29, 0.717) is 23.9 Å². The molecule has 5 heteroatoms. The van der Waals surface area contributed by atoms with Gasteiger partial charge in [-0.15, -0.1) is 0 Å². The lowest BCUT2D eigenvalue weighted by Gasteiger charge is -2.18. The van der Waals surface area contributed by atoms with E-state index in [4.69, 9.17) is 0 Å². The van der Waals surface area contributed by atoms with E-state index in [1.807, 2.05) is 0 Å². The Kier molecular flexibility index (Phi) is 6.54. The minimum absolute atomic E-state index is 0.0358. The molecule has 23 heavy (non-hydrogen) atoms. The lowest BCUT2D eigenvalue weighted by molar-refractivity contribution is -0.123. The van der Waals surface area contributed by atoms with Gasteiger partial charge in [0.15, 0.2) is 0 Å². The standard InChI is InChI=1S/C18H27FN2O2/c1-13(2)11-21-7-6-14(12-21)10-20-18(23)9-17(22)15-4-3-5-16(19)8-15/h3-5,8,13-14,17,22H,6-7,9-12H2,1-2H3,(H,20,23). The van der Waals surface area contributed by atoms with Gasteiger partial charge in [-0.2, -0.15) is 0 Å². The largest absolute Gasteiger partial charge is 0.388 e. The van der Waals surface area contributed by atoms with Crippen LogP contribution in [0.15, 0.2) is 24.3 Å². The van der Waals surface area contributed by atoms with Crippen LogP contribution in [0.3, 0.4) is 0 Å². The second-order valence-corrected chi connectivity index (χ2v) is 6.89. The fourth-order valence-electron chi connectivity index (χ4n) is 3.10. The molecule has 1 amide bonds. The van der Waals surface area contributed by atoms with Crippen LogP contribution < -0.4 is 5.32 Å². The van der Waals surface area contributed by atoms with Crippen molar-refractivity contribution in [3.63, 3.8) is 0 Å². The van der Waals surface area contributed by atoms with Gasteiger partial charge in [0.05, 0.1) is 12.5 Å². The molecule has 4 nitrogen and oxygen atoms in total. The molecule has 0 aliphatic carbocycles. The number of carbonyl (C=O) groups is 1. The van der Waals surface area contributed by atoms with E-state index in [-0.39, 0.29) is 12.3 Å². The van der Waals surface area contributed by atoms with Gasteiger partial charge in [0.25, 0.3) is 0 Å². The summed E-state index contributed by atoms with van der Waals surface area (Å²) in [5.41, 5.74) is 0.434. The van der Waals surface area contributed by atoms with Crippen molar-refractivity contribution in [3.05, 3.63) is 35.6 Å². The maximum absolute atomic E-state index is 13.1. The SMILES string of the molecule is CC(C)CN1CCC(CNC(=O)CC(O)c2cccc(F)c2)C1. The van der Waals surface area contributed by atoms with Gasteiger partial charge in [-0.3, -0.25) is 4.79 Å². The number of aliphatic hydroxyl groups is 1. The summed E-state index contributed by atoms with van der Waals surface area (Å²) in [6, 6.07) is 5.74. The molecule has 1 heterocycles. The van der Waals surface area contributed by atoms with Crippen molar-refractivity contribution < 1.29 is 14.3 Å². The zero-order chi connectivity index (χ0) is 16.8. The van der Waals surface area contributed by atoms with Crippen molar-refractivity contribution in [2.24, 2.45) is 11.8 Å². The van der Waals surface area contributed by atoms with Gasteiger partial charge in [-0.05, 0) is 42.5 Å². The summed E-state index contributed by atoms with van der Waals surface area (Å²) in [7, 11) is 0. The fraction of sp³-hybridized carbons (Fsp3) is 0.611. The zero-order valence-corrected chi connectivity index (χ0v) is 14.0. The van der Waals surface area contributed by atoms with Gasteiger partial charge in [0.2, 0.25) is 5.91 Å². The minimum atomic E-state index is -0.966. The Morgan fingerprint density at radius 3 is 2.96 bits per heavy atom. The van der Waals surface area contributed by atoms with E-state index >= 15 is 0 Å². The van der Waals surface area contributed by atoms with Gasteiger partial charge in [0.1, 0.15) is 5.82 Å². The number of nitrogens with zero attached hydrogens (tertiary/aromatic N) is 1. The number of aliphatic hydroxyl groups excluding tert-OH is 1. The first kappa shape index (κ1) is 17.9. The molecule has 1 aliphatic rings. The maximum atomic E-state index is 13.1. The number of amides is 1. The zero-order valence-electron chi connectivity index (χ0n) is 14.0. The number of rotatable bonds is 7. The first-order valence-corrected chi connectivity index (χ1v) is 8.36. The Morgan fingerprint density at radius 2 is 2.26 bits per heavy atom. The van der Waals surface area contributed by atoms with Crippen LogP contribution in [-0.2, 0) is 4.79 Å². The molecule has 0 aromatic heterocycles. The number of hydrogen-bond donors (Lipinski definition) is 2. The van der Waals surface area contributed by atoms with Crippen molar-refractivity contribution in [3.8, 4) is 0 Å². The van der Waals surface area contributed by atoms with Gasteiger partial charge in [0, 0.05) is 19.6 Å². The Morgan fingerprint density at radius 1 is 1.48 bits per heavy atom. The second-order valence-electron chi connectivity index (χ2n) is 6.89. The molecule has 1 aromatic rings. The summed E-state index contributed by atoms with van der Waals surface area (Å²) in [5.74, 6) is 0.538. The lowest BCUT2D eigenvalue weighted by Crippen LogP contribution is -2.32. The Bertz CT molecular complexity index is 521. The van der Waals surface area contributed by atoms with Gasteiger partial charge in [-0.25, -0.2) is 4.39 Å².